The summed E-state index contributed by atoms with van der Waals surface area (Å²) in [5.74, 6) is 0.510. The van der Waals surface area contributed by atoms with Gasteiger partial charge < -0.3 is 4.84 Å². The summed E-state index contributed by atoms with van der Waals surface area (Å²) in [6, 6.07) is 0. The van der Waals surface area contributed by atoms with E-state index < -0.39 is 0 Å². The van der Waals surface area contributed by atoms with Gasteiger partial charge in [0.15, 0.2) is 0 Å². The standard InChI is InChI=1S/C16H27NO/c1-12(2)18-17-14(4)9-10-15-13(3)8-7-11-16(15,5)6/h8-10,12,15H,7,11H2,1-6H3/b10-9+,17-14-. The van der Waals surface area contributed by atoms with E-state index >= 15 is 0 Å². The zero-order chi connectivity index (χ0) is 13.8. The van der Waals surface area contributed by atoms with Crippen LogP contribution in [0.15, 0.2) is 29.0 Å². The van der Waals surface area contributed by atoms with E-state index in [1.165, 1.54) is 18.4 Å². The van der Waals surface area contributed by atoms with Crippen molar-refractivity contribution in [2.24, 2.45) is 16.5 Å². The number of oxime groups is 1. The molecule has 0 spiro atoms. The van der Waals surface area contributed by atoms with Gasteiger partial charge in [-0.3, -0.25) is 0 Å². The highest BCUT2D eigenvalue weighted by Crippen LogP contribution is 2.41. The van der Waals surface area contributed by atoms with Gasteiger partial charge in [0.2, 0.25) is 0 Å². The SMILES string of the molecule is CC1=CCCC(C)(C)C1/C=C/C(C)=N\OC(C)C. The molecule has 0 N–H and O–H groups in total. The highest BCUT2D eigenvalue weighted by atomic mass is 16.6. The van der Waals surface area contributed by atoms with Crippen molar-refractivity contribution in [2.45, 2.75) is 60.5 Å². The molecular formula is C16H27NO. The molecule has 0 heterocycles. The molecule has 0 amide bonds. The van der Waals surface area contributed by atoms with Crippen LogP contribution in [0.3, 0.4) is 0 Å². The Morgan fingerprint density at radius 1 is 1.50 bits per heavy atom. The molecule has 0 radical (unpaired) electrons. The summed E-state index contributed by atoms with van der Waals surface area (Å²) in [7, 11) is 0. The molecule has 18 heavy (non-hydrogen) atoms. The van der Waals surface area contributed by atoms with Crippen molar-refractivity contribution >= 4 is 5.71 Å². The van der Waals surface area contributed by atoms with E-state index in [1.807, 2.05) is 20.8 Å². The van der Waals surface area contributed by atoms with E-state index in [-0.39, 0.29) is 6.10 Å². The molecular weight excluding hydrogens is 222 g/mol. The molecule has 0 aliphatic heterocycles. The van der Waals surface area contributed by atoms with Gasteiger partial charge in [-0.1, -0.05) is 36.7 Å². The molecule has 0 aromatic rings. The molecule has 0 aromatic carbocycles. The zero-order valence-corrected chi connectivity index (χ0v) is 12.7. The summed E-state index contributed by atoms with van der Waals surface area (Å²) in [6.45, 7) is 12.9. The molecule has 0 bridgehead atoms. The maximum atomic E-state index is 5.24. The lowest BCUT2D eigenvalue weighted by Crippen LogP contribution is -2.26. The van der Waals surface area contributed by atoms with Gasteiger partial charge in [0.25, 0.3) is 0 Å². The highest BCUT2D eigenvalue weighted by molar-refractivity contribution is 5.92. The molecule has 0 aromatic heterocycles. The molecule has 0 saturated heterocycles. The van der Waals surface area contributed by atoms with Crippen molar-refractivity contribution in [3.8, 4) is 0 Å². The van der Waals surface area contributed by atoms with Gasteiger partial charge in [0.05, 0.1) is 5.71 Å². The Labute approximate surface area is 112 Å². The van der Waals surface area contributed by atoms with E-state index in [1.54, 1.807) is 0 Å². The highest BCUT2D eigenvalue weighted by Gasteiger charge is 2.30. The van der Waals surface area contributed by atoms with Crippen molar-refractivity contribution in [2.75, 3.05) is 0 Å². The number of hydrogen-bond donors (Lipinski definition) is 0. The molecule has 0 saturated carbocycles. The van der Waals surface area contributed by atoms with Gasteiger partial charge in [-0.15, -0.1) is 0 Å². The van der Waals surface area contributed by atoms with Crippen LogP contribution < -0.4 is 0 Å². The predicted octanol–water partition coefficient (Wildman–Crippen LogP) is 4.73. The summed E-state index contributed by atoms with van der Waals surface area (Å²) >= 11 is 0. The Bertz CT molecular complexity index is 361. The van der Waals surface area contributed by atoms with Crippen LogP contribution >= 0.6 is 0 Å². The first-order chi connectivity index (χ1) is 8.33. The van der Waals surface area contributed by atoms with Gasteiger partial charge in [-0.2, -0.15) is 0 Å². The van der Waals surface area contributed by atoms with Crippen LogP contribution in [0.5, 0.6) is 0 Å². The quantitative estimate of drug-likeness (QED) is 0.401. The van der Waals surface area contributed by atoms with Crippen LogP contribution in [0.2, 0.25) is 0 Å². The first-order valence-corrected chi connectivity index (χ1v) is 6.88. The second-order valence-electron chi connectivity index (χ2n) is 6.20. The first-order valence-electron chi connectivity index (χ1n) is 6.88. The van der Waals surface area contributed by atoms with Gasteiger partial charge in [0, 0.05) is 5.92 Å². The van der Waals surface area contributed by atoms with E-state index in [0.717, 1.165) is 5.71 Å². The van der Waals surface area contributed by atoms with Crippen LogP contribution in [0.1, 0.15) is 54.4 Å². The molecule has 0 fully saturated rings. The molecule has 1 aliphatic carbocycles. The Hall–Kier alpha value is -1.05. The molecule has 1 atom stereocenters. The minimum absolute atomic E-state index is 0.140. The molecule has 102 valence electrons. The van der Waals surface area contributed by atoms with Crippen LogP contribution in [0, 0.1) is 11.3 Å². The lowest BCUT2D eigenvalue weighted by atomic mass is 9.68. The van der Waals surface area contributed by atoms with Crippen LogP contribution in [0.25, 0.3) is 0 Å². The number of rotatable bonds is 4. The van der Waals surface area contributed by atoms with E-state index in [2.05, 4.69) is 44.2 Å². The second kappa shape index (κ2) is 6.21. The van der Waals surface area contributed by atoms with Crippen molar-refractivity contribution in [1.82, 2.24) is 0 Å². The average molecular weight is 249 g/mol. The summed E-state index contributed by atoms with van der Waals surface area (Å²) < 4.78 is 0. The maximum Gasteiger partial charge on any atom is 0.122 e. The average Bonchev–Trinajstić information content (AvgIpc) is 2.24. The van der Waals surface area contributed by atoms with Crippen molar-refractivity contribution in [3.63, 3.8) is 0 Å². The summed E-state index contributed by atoms with van der Waals surface area (Å²) in [4.78, 5) is 5.24. The first kappa shape index (κ1) is 15.0. The van der Waals surface area contributed by atoms with Gasteiger partial charge >= 0.3 is 0 Å². The number of allylic oxidation sites excluding steroid dienone is 4. The monoisotopic (exact) mass is 249 g/mol. The third-order valence-electron chi connectivity index (χ3n) is 3.52. The summed E-state index contributed by atoms with van der Waals surface area (Å²) in [6.07, 6.45) is 9.30. The maximum absolute atomic E-state index is 5.24. The van der Waals surface area contributed by atoms with Crippen molar-refractivity contribution in [3.05, 3.63) is 23.8 Å². The fourth-order valence-corrected chi connectivity index (χ4v) is 2.44. The minimum atomic E-state index is 0.140. The number of hydrogen-bond acceptors (Lipinski definition) is 2. The normalized spacial score (nSPS) is 24.5. The van der Waals surface area contributed by atoms with Gasteiger partial charge in [0.1, 0.15) is 6.10 Å². The Kier molecular flexibility index (Phi) is 5.18. The van der Waals surface area contributed by atoms with Crippen LogP contribution in [0.4, 0.5) is 0 Å². The lowest BCUT2D eigenvalue weighted by Gasteiger charge is -2.36. The third kappa shape index (κ3) is 4.32. The molecule has 1 rings (SSSR count). The smallest absolute Gasteiger partial charge is 0.122 e. The van der Waals surface area contributed by atoms with E-state index in [9.17, 15) is 0 Å². The van der Waals surface area contributed by atoms with E-state index in [4.69, 9.17) is 4.84 Å². The van der Waals surface area contributed by atoms with Gasteiger partial charge in [-0.05, 0) is 52.0 Å². The molecule has 1 unspecified atom stereocenters. The zero-order valence-electron chi connectivity index (χ0n) is 12.7. The van der Waals surface area contributed by atoms with Crippen molar-refractivity contribution < 1.29 is 4.84 Å². The third-order valence-corrected chi connectivity index (χ3v) is 3.52. The van der Waals surface area contributed by atoms with Crippen molar-refractivity contribution in [1.29, 1.82) is 0 Å². The molecule has 1 aliphatic rings. The topological polar surface area (TPSA) is 21.6 Å². The summed E-state index contributed by atoms with van der Waals surface area (Å²) in [5.41, 5.74) is 2.74. The van der Waals surface area contributed by atoms with Gasteiger partial charge in [-0.25, -0.2) is 0 Å². The van der Waals surface area contributed by atoms with E-state index in [0.29, 0.717) is 11.3 Å². The number of nitrogens with zero attached hydrogens (tertiary/aromatic N) is 1. The molecule has 2 heteroatoms. The predicted molar refractivity (Wildman–Crippen MR) is 78.7 cm³/mol. The molecule has 2 nitrogen and oxygen atoms in total. The Morgan fingerprint density at radius 2 is 2.17 bits per heavy atom. The lowest BCUT2D eigenvalue weighted by molar-refractivity contribution is 0.0861. The second-order valence-corrected chi connectivity index (χ2v) is 6.20. The Balaban J connectivity index is 2.73. The Morgan fingerprint density at radius 3 is 2.72 bits per heavy atom. The van der Waals surface area contributed by atoms with Crippen LogP contribution in [-0.4, -0.2) is 11.8 Å². The largest absolute Gasteiger partial charge is 0.393 e. The fourth-order valence-electron chi connectivity index (χ4n) is 2.44. The summed E-state index contributed by atoms with van der Waals surface area (Å²) in [5, 5.41) is 4.09. The fraction of sp³-hybridized carbons (Fsp3) is 0.688. The minimum Gasteiger partial charge on any atom is -0.393 e. The van der Waals surface area contributed by atoms with Crippen LogP contribution in [-0.2, 0) is 4.84 Å².